The summed E-state index contributed by atoms with van der Waals surface area (Å²) in [6, 6.07) is 6.67. The van der Waals surface area contributed by atoms with Gasteiger partial charge in [0.2, 0.25) is 0 Å². The number of hydrogen-bond donors (Lipinski definition) is 0. The average Bonchev–Trinajstić information content (AvgIpc) is 2.98. The van der Waals surface area contributed by atoms with Gasteiger partial charge in [-0.3, -0.25) is 14.7 Å². The SMILES string of the molecule is Cc1cccc(CN2CCCC2C2CCCC2=O)n1. The lowest BCUT2D eigenvalue weighted by atomic mass is 9.95. The van der Waals surface area contributed by atoms with Crippen molar-refractivity contribution in [1.29, 1.82) is 0 Å². The Bertz CT molecular complexity index is 472. The average molecular weight is 258 g/mol. The van der Waals surface area contributed by atoms with E-state index in [4.69, 9.17) is 0 Å². The molecule has 2 unspecified atom stereocenters. The first-order valence-corrected chi connectivity index (χ1v) is 7.43. The summed E-state index contributed by atoms with van der Waals surface area (Å²) in [5.74, 6) is 0.793. The zero-order valence-corrected chi connectivity index (χ0v) is 11.6. The lowest BCUT2D eigenvalue weighted by Gasteiger charge is -2.28. The lowest BCUT2D eigenvalue weighted by molar-refractivity contribution is -0.122. The molecule has 3 nitrogen and oxygen atoms in total. The van der Waals surface area contributed by atoms with Gasteiger partial charge in [-0.15, -0.1) is 0 Å². The minimum atomic E-state index is 0.298. The Kier molecular flexibility index (Phi) is 3.65. The highest BCUT2D eigenvalue weighted by molar-refractivity contribution is 5.83. The number of nitrogens with zero attached hydrogens (tertiary/aromatic N) is 2. The Balaban J connectivity index is 1.71. The number of hydrogen-bond acceptors (Lipinski definition) is 3. The van der Waals surface area contributed by atoms with Gasteiger partial charge in [0.25, 0.3) is 0 Å². The van der Waals surface area contributed by atoms with Crippen molar-refractivity contribution in [3.8, 4) is 0 Å². The molecule has 0 spiro atoms. The molecule has 1 saturated carbocycles. The zero-order chi connectivity index (χ0) is 13.2. The topological polar surface area (TPSA) is 33.2 Å². The summed E-state index contributed by atoms with van der Waals surface area (Å²) in [6.07, 6.45) is 5.40. The zero-order valence-electron chi connectivity index (χ0n) is 11.6. The van der Waals surface area contributed by atoms with Gasteiger partial charge >= 0.3 is 0 Å². The Morgan fingerprint density at radius 3 is 2.95 bits per heavy atom. The van der Waals surface area contributed by atoms with Crippen molar-refractivity contribution in [2.24, 2.45) is 5.92 Å². The predicted octanol–water partition coefficient (Wildman–Crippen LogP) is 2.72. The van der Waals surface area contributed by atoms with E-state index in [1.807, 2.05) is 13.0 Å². The molecule has 19 heavy (non-hydrogen) atoms. The highest BCUT2D eigenvalue weighted by atomic mass is 16.1. The second-order valence-corrected chi connectivity index (χ2v) is 5.92. The Labute approximate surface area is 115 Å². The van der Waals surface area contributed by atoms with Crippen LogP contribution in [0.25, 0.3) is 0 Å². The van der Waals surface area contributed by atoms with Crippen LogP contribution in [-0.2, 0) is 11.3 Å². The first-order valence-electron chi connectivity index (χ1n) is 7.43. The summed E-state index contributed by atoms with van der Waals surface area (Å²) >= 11 is 0. The summed E-state index contributed by atoms with van der Waals surface area (Å²) in [5, 5.41) is 0. The molecule has 0 N–H and O–H groups in total. The van der Waals surface area contributed by atoms with Gasteiger partial charge in [0.05, 0.1) is 5.69 Å². The summed E-state index contributed by atoms with van der Waals surface area (Å²) in [4.78, 5) is 19.0. The van der Waals surface area contributed by atoms with Gasteiger partial charge in [-0.1, -0.05) is 6.07 Å². The molecule has 3 heteroatoms. The van der Waals surface area contributed by atoms with Crippen LogP contribution in [0.1, 0.15) is 43.5 Å². The number of Topliss-reactive ketones (excluding diaryl/α,β-unsaturated/α-hetero) is 1. The van der Waals surface area contributed by atoms with Crippen LogP contribution in [0.3, 0.4) is 0 Å². The molecule has 2 aliphatic rings. The van der Waals surface area contributed by atoms with E-state index in [9.17, 15) is 4.79 Å². The normalized spacial score (nSPS) is 28.2. The molecule has 102 valence electrons. The highest BCUT2D eigenvalue weighted by Gasteiger charge is 2.37. The first kappa shape index (κ1) is 12.8. The third kappa shape index (κ3) is 2.71. The van der Waals surface area contributed by atoms with Crippen molar-refractivity contribution in [1.82, 2.24) is 9.88 Å². The standard InChI is InChI=1S/C16H22N2O/c1-12-5-2-6-13(17-12)11-18-10-4-8-15(18)14-7-3-9-16(14)19/h2,5-6,14-15H,3-4,7-11H2,1H3. The van der Waals surface area contributed by atoms with Crippen molar-refractivity contribution < 1.29 is 4.79 Å². The van der Waals surface area contributed by atoms with Gasteiger partial charge in [0.1, 0.15) is 5.78 Å². The number of carbonyl (C=O) groups is 1. The van der Waals surface area contributed by atoms with Crippen LogP contribution in [0.15, 0.2) is 18.2 Å². The smallest absolute Gasteiger partial charge is 0.137 e. The van der Waals surface area contributed by atoms with Crippen LogP contribution in [-0.4, -0.2) is 28.3 Å². The fourth-order valence-corrected chi connectivity index (χ4v) is 3.65. The number of aryl methyl sites for hydroxylation is 1. The molecule has 1 aliphatic heterocycles. The van der Waals surface area contributed by atoms with Crippen LogP contribution in [0.4, 0.5) is 0 Å². The van der Waals surface area contributed by atoms with Crippen molar-refractivity contribution in [3.63, 3.8) is 0 Å². The molecule has 0 radical (unpaired) electrons. The maximum absolute atomic E-state index is 12.0. The van der Waals surface area contributed by atoms with E-state index in [1.165, 1.54) is 12.8 Å². The molecule has 1 saturated heterocycles. The summed E-state index contributed by atoms with van der Waals surface area (Å²) in [5.41, 5.74) is 2.21. The number of likely N-dealkylation sites (tertiary alicyclic amines) is 1. The van der Waals surface area contributed by atoms with Crippen LogP contribution in [0, 0.1) is 12.8 Å². The van der Waals surface area contributed by atoms with Gasteiger partial charge in [-0.2, -0.15) is 0 Å². The third-order valence-electron chi connectivity index (χ3n) is 4.54. The van der Waals surface area contributed by atoms with Crippen LogP contribution >= 0.6 is 0 Å². The molecule has 0 amide bonds. The molecule has 3 rings (SSSR count). The van der Waals surface area contributed by atoms with Crippen LogP contribution in [0.2, 0.25) is 0 Å². The fourth-order valence-electron chi connectivity index (χ4n) is 3.65. The van der Waals surface area contributed by atoms with Crippen molar-refractivity contribution in [3.05, 3.63) is 29.6 Å². The number of aromatic nitrogens is 1. The first-order chi connectivity index (χ1) is 9.24. The minimum absolute atomic E-state index is 0.298. The maximum atomic E-state index is 12.0. The molecular weight excluding hydrogens is 236 g/mol. The van der Waals surface area contributed by atoms with Crippen LogP contribution in [0.5, 0.6) is 0 Å². The van der Waals surface area contributed by atoms with Crippen molar-refractivity contribution in [2.75, 3.05) is 6.54 Å². The quantitative estimate of drug-likeness (QED) is 0.836. The maximum Gasteiger partial charge on any atom is 0.137 e. The molecular formula is C16H22N2O. The van der Waals surface area contributed by atoms with Gasteiger partial charge in [-0.05, 0) is 51.3 Å². The summed E-state index contributed by atoms with van der Waals surface area (Å²) in [6.45, 7) is 4.05. The number of ketones is 1. The summed E-state index contributed by atoms with van der Waals surface area (Å²) in [7, 11) is 0. The molecule has 0 aromatic carbocycles. The monoisotopic (exact) mass is 258 g/mol. The molecule has 1 aromatic heterocycles. The van der Waals surface area contributed by atoms with E-state index >= 15 is 0 Å². The van der Waals surface area contributed by atoms with E-state index in [2.05, 4.69) is 22.0 Å². The highest BCUT2D eigenvalue weighted by Crippen LogP contribution is 2.33. The van der Waals surface area contributed by atoms with Gasteiger partial charge < -0.3 is 0 Å². The van der Waals surface area contributed by atoms with E-state index in [0.29, 0.717) is 17.7 Å². The predicted molar refractivity (Wildman–Crippen MR) is 74.8 cm³/mol. The van der Waals surface area contributed by atoms with Crippen LogP contribution < -0.4 is 0 Å². The number of pyridine rings is 1. The number of carbonyl (C=O) groups excluding carboxylic acids is 1. The van der Waals surface area contributed by atoms with Gasteiger partial charge in [0, 0.05) is 30.6 Å². The summed E-state index contributed by atoms with van der Waals surface area (Å²) < 4.78 is 0. The van der Waals surface area contributed by atoms with E-state index in [1.54, 1.807) is 0 Å². The van der Waals surface area contributed by atoms with Gasteiger partial charge in [0.15, 0.2) is 0 Å². The number of rotatable bonds is 3. The second kappa shape index (κ2) is 5.41. The molecule has 0 bridgehead atoms. The Morgan fingerprint density at radius 1 is 1.32 bits per heavy atom. The minimum Gasteiger partial charge on any atom is -0.299 e. The molecule has 2 fully saturated rings. The molecule has 1 aliphatic carbocycles. The lowest BCUT2D eigenvalue weighted by Crippen LogP contribution is -2.37. The Hall–Kier alpha value is -1.22. The fraction of sp³-hybridized carbons (Fsp3) is 0.625. The second-order valence-electron chi connectivity index (χ2n) is 5.92. The Morgan fingerprint density at radius 2 is 2.21 bits per heavy atom. The third-order valence-corrected chi connectivity index (χ3v) is 4.54. The van der Waals surface area contributed by atoms with E-state index in [-0.39, 0.29) is 0 Å². The van der Waals surface area contributed by atoms with E-state index < -0.39 is 0 Å². The molecule has 2 heterocycles. The van der Waals surface area contributed by atoms with Gasteiger partial charge in [-0.25, -0.2) is 0 Å². The van der Waals surface area contributed by atoms with E-state index in [0.717, 1.165) is 43.7 Å². The van der Waals surface area contributed by atoms with Crippen molar-refractivity contribution in [2.45, 2.75) is 51.6 Å². The molecule has 2 atom stereocenters. The van der Waals surface area contributed by atoms with Crippen molar-refractivity contribution >= 4 is 5.78 Å². The largest absolute Gasteiger partial charge is 0.299 e. The molecule has 1 aromatic rings.